The number of hydrogen-bond acceptors (Lipinski definition) is 6. The average Bonchev–Trinajstić information content (AvgIpc) is 3.21. The Morgan fingerprint density at radius 2 is 2.13 bits per heavy atom. The van der Waals surface area contributed by atoms with Gasteiger partial charge in [-0.15, -0.1) is 33.9 Å². The molecule has 3 heterocycles. The molecule has 3 aromatic rings. The average molecular weight is 350 g/mol. The van der Waals surface area contributed by atoms with Crippen molar-refractivity contribution in [3.05, 3.63) is 35.5 Å². The van der Waals surface area contributed by atoms with E-state index in [9.17, 15) is 0 Å². The summed E-state index contributed by atoms with van der Waals surface area (Å²) in [6.45, 7) is 2.57. The highest BCUT2D eigenvalue weighted by molar-refractivity contribution is 7.13. The fourth-order valence-electron chi connectivity index (χ4n) is 2.60. The van der Waals surface area contributed by atoms with E-state index in [1.54, 1.807) is 18.4 Å². The van der Waals surface area contributed by atoms with E-state index in [0.717, 1.165) is 53.3 Å². The summed E-state index contributed by atoms with van der Waals surface area (Å²) in [6.07, 6.45) is 0. The molecule has 0 saturated heterocycles. The van der Waals surface area contributed by atoms with Crippen LogP contribution in [0.2, 0.25) is 0 Å². The van der Waals surface area contributed by atoms with Crippen LogP contribution in [0.25, 0.3) is 22.1 Å². The van der Waals surface area contributed by atoms with E-state index < -0.39 is 0 Å². The molecule has 6 nitrogen and oxygen atoms in total. The van der Waals surface area contributed by atoms with Gasteiger partial charge in [-0.2, -0.15) is 0 Å². The number of methoxy groups -OCH3 is 1. The van der Waals surface area contributed by atoms with Crippen LogP contribution in [0.1, 0.15) is 5.82 Å². The summed E-state index contributed by atoms with van der Waals surface area (Å²) in [6, 6.07) is 7.91. The summed E-state index contributed by atoms with van der Waals surface area (Å²) in [5, 5.41) is 14.8. The Balaban J connectivity index is 0.00000156. The molecular weight excluding hydrogens is 334 g/mol. The van der Waals surface area contributed by atoms with Crippen LogP contribution in [-0.2, 0) is 13.1 Å². The minimum absolute atomic E-state index is 0. The molecule has 0 radical (unpaired) electrons. The monoisotopic (exact) mass is 349 g/mol. The van der Waals surface area contributed by atoms with Gasteiger partial charge in [0.1, 0.15) is 22.3 Å². The van der Waals surface area contributed by atoms with Crippen LogP contribution in [0, 0.1) is 0 Å². The molecule has 23 heavy (non-hydrogen) atoms. The summed E-state index contributed by atoms with van der Waals surface area (Å²) in [4.78, 5) is 4.73. The van der Waals surface area contributed by atoms with Crippen molar-refractivity contribution in [3.63, 3.8) is 0 Å². The Morgan fingerprint density at radius 1 is 1.26 bits per heavy atom. The van der Waals surface area contributed by atoms with Gasteiger partial charge >= 0.3 is 0 Å². The Bertz CT molecular complexity index is 816. The Kier molecular flexibility index (Phi) is 4.61. The van der Waals surface area contributed by atoms with Gasteiger partial charge in [0.05, 0.1) is 19.2 Å². The number of fused-ring (bicyclic) bond motifs is 1. The van der Waals surface area contributed by atoms with Crippen LogP contribution in [0.3, 0.4) is 0 Å². The molecule has 1 aliphatic heterocycles. The number of hydrogen-bond donors (Lipinski definition) is 1. The molecule has 2 aromatic heterocycles. The number of halogens is 1. The molecule has 1 aromatic carbocycles. The van der Waals surface area contributed by atoms with E-state index >= 15 is 0 Å². The van der Waals surface area contributed by atoms with Crippen molar-refractivity contribution in [2.75, 3.05) is 13.7 Å². The van der Waals surface area contributed by atoms with Crippen LogP contribution < -0.4 is 10.1 Å². The SMILES string of the molecule is COc1ccccc1-c1nc(-c2nnc3n2CCNC3)cs1.Cl. The van der Waals surface area contributed by atoms with Crippen LogP contribution in [0.5, 0.6) is 5.75 Å². The lowest BCUT2D eigenvalue weighted by atomic mass is 10.2. The van der Waals surface area contributed by atoms with Crippen molar-refractivity contribution >= 4 is 23.7 Å². The zero-order valence-electron chi connectivity index (χ0n) is 12.5. The zero-order valence-corrected chi connectivity index (χ0v) is 14.2. The molecule has 0 atom stereocenters. The van der Waals surface area contributed by atoms with Gasteiger partial charge in [0, 0.05) is 18.5 Å². The van der Waals surface area contributed by atoms with Crippen LogP contribution >= 0.6 is 23.7 Å². The fraction of sp³-hybridized carbons (Fsp3) is 0.267. The first-order valence-electron chi connectivity index (χ1n) is 7.09. The number of nitrogens with zero attached hydrogens (tertiary/aromatic N) is 4. The maximum Gasteiger partial charge on any atom is 0.183 e. The highest BCUT2D eigenvalue weighted by Gasteiger charge is 2.19. The second kappa shape index (κ2) is 6.66. The quantitative estimate of drug-likeness (QED) is 0.787. The third-order valence-corrected chi connectivity index (χ3v) is 4.57. The number of rotatable bonds is 3. The van der Waals surface area contributed by atoms with E-state index in [0.29, 0.717) is 0 Å². The normalized spacial score (nSPS) is 13.3. The largest absolute Gasteiger partial charge is 0.496 e. The van der Waals surface area contributed by atoms with Crippen LogP contribution in [0.4, 0.5) is 0 Å². The number of ether oxygens (including phenoxy) is 1. The van der Waals surface area contributed by atoms with Crippen molar-refractivity contribution in [1.82, 2.24) is 25.1 Å². The summed E-state index contributed by atoms with van der Waals surface area (Å²) < 4.78 is 7.55. The molecule has 1 aliphatic rings. The van der Waals surface area contributed by atoms with Gasteiger partial charge < -0.3 is 14.6 Å². The third kappa shape index (κ3) is 2.83. The molecule has 1 N–H and O–H groups in total. The van der Waals surface area contributed by atoms with Crippen molar-refractivity contribution in [3.8, 4) is 27.8 Å². The minimum atomic E-state index is 0. The second-order valence-corrected chi connectivity index (χ2v) is 5.86. The highest BCUT2D eigenvalue weighted by Crippen LogP contribution is 2.34. The van der Waals surface area contributed by atoms with Crippen LogP contribution in [-0.4, -0.2) is 33.4 Å². The van der Waals surface area contributed by atoms with Gasteiger partial charge in [-0.25, -0.2) is 4.98 Å². The molecule has 0 spiro atoms. The molecule has 8 heteroatoms. The summed E-state index contributed by atoms with van der Waals surface area (Å²) in [5.41, 5.74) is 1.87. The number of para-hydroxylation sites is 1. The molecule has 0 saturated carbocycles. The van der Waals surface area contributed by atoms with Crippen molar-refractivity contribution in [1.29, 1.82) is 0 Å². The smallest absolute Gasteiger partial charge is 0.183 e. The Morgan fingerprint density at radius 3 is 3.00 bits per heavy atom. The predicted octanol–water partition coefficient (Wildman–Crippen LogP) is 2.60. The molecule has 120 valence electrons. The van der Waals surface area contributed by atoms with E-state index in [1.807, 2.05) is 29.6 Å². The lowest BCUT2D eigenvalue weighted by Crippen LogP contribution is -2.28. The van der Waals surface area contributed by atoms with E-state index in [1.165, 1.54) is 0 Å². The summed E-state index contributed by atoms with van der Waals surface area (Å²) in [5.74, 6) is 2.64. The van der Waals surface area contributed by atoms with Gasteiger partial charge in [0.15, 0.2) is 5.82 Å². The van der Waals surface area contributed by atoms with E-state index in [4.69, 9.17) is 9.72 Å². The maximum atomic E-state index is 5.42. The predicted molar refractivity (Wildman–Crippen MR) is 92.1 cm³/mol. The standard InChI is InChI=1S/C15H15N5OS.ClH/c1-21-12-5-3-2-4-10(12)15-17-11(9-22-15)14-19-18-13-8-16-6-7-20(13)14;/h2-5,9,16H,6-8H2,1H3;1H. The number of thiazole rings is 1. The van der Waals surface area contributed by atoms with Crippen molar-refractivity contribution in [2.45, 2.75) is 13.1 Å². The van der Waals surface area contributed by atoms with Gasteiger partial charge in [-0.1, -0.05) is 12.1 Å². The first kappa shape index (κ1) is 15.9. The van der Waals surface area contributed by atoms with E-state index in [2.05, 4.69) is 20.1 Å². The summed E-state index contributed by atoms with van der Waals surface area (Å²) >= 11 is 1.59. The topological polar surface area (TPSA) is 64.9 Å². The first-order valence-corrected chi connectivity index (χ1v) is 7.97. The number of benzene rings is 1. The molecule has 0 aliphatic carbocycles. The lowest BCUT2D eigenvalue weighted by Gasteiger charge is -2.15. The lowest BCUT2D eigenvalue weighted by molar-refractivity contribution is 0.416. The van der Waals surface area contributed by atoms with Gasteiger partial charge in [-0.3, -0.25) is 0 Å². The van der Waals surface area contributed by atoms with Crippen molar-refractivity contribution < 1.29 is 4.74 Å². The molecule has 0 unspecified atom stereocenters. The van der Waals surface area contributed by atoms with Gasteiger partial charge in [0.25, 0.3) is 0 Å². The number of aromatic nitrogens is 4. The fourth-order valence-corrected chi connectivity index (χ4v) is 3.43. The Labute approximate surface area is 144 Å². The molecule has 0 bridgehead atoms. The van der Waals surface area contributed by atoms with Crippen molar-refractivity contribution in [2.24, 2.45) is 0 Å². The summed E-state index contributed by atoms with van der Waals surface area (Å²) in [7, 11) is 1.68. The van der Waals surface area contributed by atoms with Gasteiger partial charge in [0.2, 0.25) is 0 Å². The molecule has 0 fully saturated rings. The van der Waals surface area contributed by atoms with E-state index in [-0.39, 0.29) is 12.4 Å². The third-order valence-electron chi connectivity index (χ3n) is 3.69. The number of nitrogens with one attached hydrogen (secondary N) is 1. The minimum Gasteiger partial charge on any atom is -0.496 e. The zero-order chi connectivity index (χ0) is 14.9. The second-order valence-electron chi connectivity index (χ2n) is 5.01. The molecular formula is C15H16ClN5OS. The van der Waals surface area contributed by atoms with Crippen LogP contribution in [0.15, 0.2) is 29.6 Å². The Hall–Kier alpha value is -1.96. The maximum absolute atomic E-state index is 5.42. The highest BCUT2D eigenvalue weighted by atomic mass is 35.5. The van der Waals surface area contributed by atoms with Gasteiger partial charge in [-0.05, 0) is 12.1 Å². The molecule has 0 amide bonds. The first-order chi connectivity index (χ1) is 10.9. The molecule has 4 rings (SSSR count).